The second-order valence-electron chi connectivity index (χ2n) is 6.81. The van der Waals surface area contributed by atoms with Crippen molar-refractivity contribution in [3.63, 3.8) is 0 Å². The summed E-state index contributed by atoms with van der Waals surface area (Å²) in [5.74, 6) is 0.798. The third kappa shape index (κ3) is 5.23. The number of thioether (sulfide) groups is 1. The number of pyridine rings is 1. The van der Waals surface area contributed by atoms with Crippen LogP contribution in [0.25, 0.3) is 11.4 Å². The van der Waals surface area contributed by atoms with Gasteiger partial charge in [0, 0.05) is 24.5 Å². The molecule has 2 atom stereocenters. The number of hydrogen-bond acceptors (Lipinski definition) is 5. The Kier molecular flexibility index (Phi) is 7.41. The second-order valence-corrected chi connectivity index (χ2v) is 8.11. The van der Waals surface area contributed by atoms with Crippen molar-refractivity contribution in [2.24, 2.45) is 0 Å². The van der Waals surface area contributed by atoms with Crippen LogP contribution in [0.2, 0.25) is 0 Å². The van der Waals surface area contributed by atoms with E-state index in [0.29, 0.717) is 0 Å². The van der Waals surface area contributed by atoms with Gasteiger partial charge in [-0.15, -0.1) is 10.2 Å². The van der Waals surface area contributed by atoms with Crippen molar-refractivity contribution < 1.29 is 4.79 Å². The van der Waals surface area contributed by atoms with Crippen LogP contribution in [-0.2, 0) is 11.3 Å². The summed E-state index contributed by atoms with van der Waals surface area (Å²) in [6.45, 7) is 6.82. The molecule has 2 unspecified atom stereocenters. The molecule has 0 saturated carbocycles. The molecule has 1 amide bonds. The first-order valence-corrected chi connectivity index (χ1v) is 10.9. The van der Waals surface area contributed by atoms with Crippen molar-refractivity contribution in [3.8, 4) is 11.4 Å². The molecule has 0 radical (unpaired) electrons. The maximum Gasteiger partial charge on any atom is 0.233 e. The number of benzene rings is 1. The number of aromatic nitrogens is 4. The monoisotopic (exact) mass is 409 g/mol. The van der Waals surface area contributed by atoms with E-state index in [4.69, 9.17) is 0 Å². The van der Waals surface area contributed by atoms with Gasteiger partial charge in [-0.1, -0.05) is 55.4 Å². The van der Waals surface area contributed by atoms with Crippen molar-refractivity contribution >= 4 is 17.7 Å². The Labute approximate surface area is 176 Å². The van der Waals surface area contributed by atoms with Gasteiger partial charge < -0.3 is 9.88 Å². The van der Waals surface area contributed by atoms with Gasteiger partial charge in [-0.05, 0) is 38.0 Å². The van der Waals surface area contributed by atoms with E-state index in [0.717, 1.165) is 41.5 Å². The highest BCUT2D eigenvalue weighted by atomic mass is 32.2. The van der Waals surface area contributed by atoms with Crippen molar-refractivity contribution in [1.29, 1.82) is 0 Å². The minimum absolute atomic E-state index is 0.00779. The number of nitrogens with zero attached hydrogens (tertiary/aromatic N) is 4. The average molecular weight is 410 g/mol. The molecule has 3 rings (SSSR count). The van der Waals surface area contributed by atoms with Gasteiger partial charge in [0.2, 0.25) is 5.91 Å². The van der Waals surface area contributed by atoms with E-state index in [1.165, 1.54) is 11.8 Å². The lowest BCUT2D eigenvalue weighted by Crippen LogP contribution is -2.34. The third-order valence-electron chi connectivity index (χ3n) is 4.72. The van der Waals surface area contributed by atoms with Gasteiger partial charge in [0.15, 0.2) is 11.0 Å². The van der Waals surface area contributed by atoms with Crippen molar-refractivity contribution in [2.75, 3.05) is 0 Å². The van der Waals surface area contributed by atoms with E-state index in [1.54, 1.807) is 12.4 Å². The summed E-state index contributed by atoms with van der Waals surface area (Å²) in [7, 11) is 0. The van der Waals surface area contributed by atoms with Gasteiger partial charge in [0.05, 0.1) is 11.3 Å². The lowest BCUT2D eigenvalue weighted by molar-refractivity contribution is -0.121. The summed E-state index contributed by atoms with van der Waals surface area (Å²) < 4.78 is 2.03. The summed E-state index contributed by atoms with van der Waals surface area (Å²) in [6.07, 6.45) is 5.39. The fourth-order valence-electron chi connectivity index (χ4n) is 3.17. The Balaban J connectivity index is 1.72. The van der Waals surface area contributed by atoms with Gasteiger partial charge >= 0.3 is 0 Å². The van der Waals surface area contributed by atoms with Gasteiger partial charge in [-0.3, -0.25) is 9.78 Å². The molecule has 1 aromatic carbocycles. The number of amides is 1. The summed E-state index contributed by atoms with van der Waals surface area (Å²) in [5, 5.41) is 12.3. The first-order chi connectivity index (χ1) is 14.1. The molecule has 6 nitrogen and oxygen atoms in total. The maximum absolute atomic E-state index is 12.9. The molecular weight excluding hydrogens is 382 g/mol. The van der Waals surface area contributed by atoms with Gasteiger partial charge in [0.25, 0.3) is 0 Å². The quantitative estimate of drug-likeness (QED) is 0.527. The standard InChI is InChI=1S/C22H27N5OS/c1-4-9-19(17-10-7-6-8-11-17)24-21(28)16(3)29-22-26-25-20(27(22)5-2)18-12-14-23-15-13-18/h6-8,10-16,19H,4-5,9H2,1-3H3,(H,24,28). The first-order valence-electron chi connectivity index (χ1n) is 9.99. The van der Waals surface area contributed by atoms with Crippen LogP contribution in [0.5, 0.6) is 0 Å². The molecule has 0 aliphatic carbocycles. The lowest BCUT2D eigenvalue weighted by Gasteiger charge is -2.21. The van der Waals surface area contributed by atoms with Crippen LogP contribution in [-0.4, -0.2) is 30.9 Å². The number of carbonyl (C=O) groups excluding carboxylic acids is 1. The third-order valence-corrected chi connectivity index (χ3v) is 5.80. The van der Waals surface area contributed by atoms with E-state index in [-0.39, 0.29) is 17.2 Å². The van der Waals surface area contributed by atoms with Crippen LogP contribution in [0.15, 0.2) is 60.0 Å². The largest absolute Gasteiger partial charge is 0.348 e. The van der Waals surface area contributed by atoms with Crippen molar-refractivity contribution in [2.45, 2.75) is 56.6 Å². The van der Waals surface area contributed by atoms with E-state index in [1.807, 2.05) is 41.8 Å². The van der Waals surface area contributed by atoms with Crippen LogP contribution in [0, 0.1) is 0 Å². The van der Waals surface area contributed by atoms with Gasteiger partial charge in [0.1, 0.15) is 0 Å². The number of nitrogens with one attached hydrogen (secondary N) is 1. The lowest BCUT2D eigenvalue weighted by atomic mass is 10.0. The Morgan fingerprint density at radius 3 is 2.48 bits per heavy atom. The highest BCUT2D eigenvalue weighted by Gasteiger charge is 2.22. The zero-order valence-corrected chi connectivity index (χ0v) is 17.9. The molecule has 29 heavy (non-hydrogen) atoms. The van der Waals surface area contributed by atoms with E-state index >= 15 is 0 Å². The Morgan fingerprint density at radius 2 is 1.83 bits per heavy atom. The van der Waals surface area contributed by atoms with E-state index < -0.39 is 0 Å². The Morgan fingerprint density at radius 1 is 1.10 bits per heavy atom. The predicted octanol–water partition coefficient (Wildman–Crippen LogP) is 4.50. The first kappa shape index (κ1) is 21.0. The highest BCUT2D eigenvalue weighted by molar-refractivity contribution is 8.00. The molecule has 152 valence electrons. The molecule has 3 aromatic rings. The molecule has 2 heterocycles. The maximum atomic E-state index is 12.9. The Hall–Kier alpha value is -2.67. The SMILES string of the molecule is CCCC(NC(=O)C(C)Sc1nnc(-c2ccncc2)n1CC)c1ccccc1. The van der Waals surface area contributed by atoms with Crippen LogP contribution in [0.1, 0.15) is 45.2 Å². The number of carbonyl (C=O) groups is 1. The van der Waals surface area contributed by atoms with Crippen LogP contribution >= 0.6 is 11.8 Å². The van der Waals surface area contributed by atoms with Gasteiger partial charge in [-0.2, -0.15) is 0 Å². The van der Waals surface area contributed by atoms with Crippen LogP contribution in [0.4, 0.5) is 0 Å². The summed E-state index contributed by atoms with van der Waals surface area (Å²) in [6, 6.07) is 14.0. The molecular formula is C22H27N5OS. The normalized spacial score (nSPS) is 13.1. The summed E-state index contributed by atoms with van der Waals surface area (Å²) >= 11 is 1.44. The number of hydrogen-bond donors (Lipinski definition) is 1. The molecule has 2 aromatic heterocycles. The van der Waals surface area contributed by atoms with E-state index in [9.17, 15) is 4.79 Å². The fourth-order valence-corrected chi connectivity index (χ4v) is 4.09. The topological polar surface area (TPSA) is 72.7 Å². The zero-order valence-electron chi connectivity index (χ0n) is 17.1. The molecule has 1 N–H and O–H groups in total. The van der Waals surface area contributed by atoms with Crippen molar-refractivity contribution in [3.05, 3.63) is 60.4 Å². The molecule has 0 saturated heterocycles. The molecule has 0 fully saturated rings. The highest BCUT2D eigenvalue weighted by Crippen LogP contribution is 2.27. The molecule has 0 aliphatic heterocycles. The van der Waals surface area contributed by atoms with Crippen LogP contribution < -0.4 is 5.32 Å². The summed E-state index contributed by atoms with van der Waals surface area (Å²) in [5.41, 5.74) is 2.10. The van der Waals surface area contributed by atoms with Gasteiger partial charge in [-0.25, -0.2) is 0 Å². The summed E-state index contributed by atoms with van der Waals surface area (Å²) in [4.78, 5) is 16.9. The van der Waals surface area contributed by atoms with E-state index in [2.05, 4.69) is 46.5 Å². The number of rotatable bonds is 9. The average Bonchev–Trinajstić information content (AvgIpc) is 3.17. The molecule has 0 bridgehead atoms. The molecule has 0 spiro atoms. The van der Waals surface area contributed by atoms with Crippen molar-refractivity contribution in [1.82, 2.24) is 25.1 Å². The smallest absolute Gasteiger partial charge is 0.233 e. The zero-order chi connectivity index (χ0) is 20.6. The molecule has 7 heteroatoms. The minimum atomic E-state index is -0.280. The minimum Gasteiger partial charge on any atom is -0.348 e. The predicted molar refractivity (Wildman–Crippen MR) is 116 cm³/mol. The Bertz CT molecular complexity index is 913. The van der Waals surface area contributed by atoms with Crippen LogP contribution in [0.3, 0.4) is 0 Å². The molecule has 0 aliphatic rings. The fraction of sp³-hybridized carbons (Fsp3) is 0.364. The second kappa shape index (κ2) is 10.2.